The highest BCUT2D eigenvalue weighted by molar-refractivity contribution is 9.09. The second-order valence-electron chi connectivity index (χ2n) is 2.88. The number of hydrogen-bond donors (Lipinski definition) is 1. The minimum absolute atomic E-state index is 0.117. The number of para-hydroxylation sites is 1. The summed E-state index contributed by atoms with van der Waals surface area (Å²) in [5.74, 6) is -1.30. The predicted molar refractivity (Wildman–Crippen MR) is 60.1 cm³/mol. The summed E-state index contributed by atoms with van der Waals surface area (Å²) in [4.78, 5) is 21.1. The molecule has 86 valence electrons. The molecule has 0 radical (unpaired) electrons. The van der Waals surface area contributed by atoms with E-state index in [2.05, 4.69) is 21.2 Å². The number of nitrogens with zero attached hydrogens (tertiary/aromatic N) is 1. The Morgan fingerprint density at radius 3 is 2.81 bits per heavy atom. The zero-order valence-corrected chi connectivity index (χ0v) is 9.66. The number of hydrogen-bond acceptors (Lipinski definition) is 3. The Hall–Kier alpha value is -1.50. The number of benzene rings is 1. The highest BCUT2D eigenvalue weighted by atomic mass is 79.9. The third-order valence-electron chi connectivity index (χ3n) is 1.77. The van der Waals surface area contributed by atoms with Crippen molar-refractivity contribution in [3.05, 3.63) is 34.1 Å². The fourth-order valence-corrected chi connectivity index (χ4v) is 1.44. The molecule has 7 heteroatoms. The van der Waals surface area contributed by atoms with E-state index in [1.807, 2.05) is 0 Å². The number of alkyl halides is 1. The summed E-state index contributed by atoms with van der Waals surface area (Å²) < 4.78 is 13.3. The number of rotatable bonds is 4. The smallest absolute Gasteiger partial charge is 0.295 e. The van der Waals surface area contributed by atoms with Gasteiger partial charge in [0, 0.05) is 17.8 Å². The standard InChI is InChI=1S/C9H8BrFN2O3/c10-5-4-8(14)12-9-6(11)2-1-3-7(9)13(15)16/h1-3H,4-5H2,(H,12,14). The normalized spacial score (nSPS) is 9.88. The summed E-state index contributed by atoms with van der Waals surface area (Å²) in [5, 5.41) is 13.2. The highest BCUT2D eigenvalue weighted by Crippen LogP contribution is 2.26. The van der Waals surface area contributed by atoms with Crippen molar-refractivity contribution < 1.29 is 14.1 Å². The molecule has 0 atom stereocenters. The number of nitro groups is 1. The maximum atomic E-state index is 13.3. The monoisotopic (exact) mass is 290 g/mol. The molecule has 0 aromatic heterocycles. The molecule has 0 spiro atoms. The van der Waals surface area contributed by atoms with Gasteiger partial charge in [-0.15, -0.1) is 0 Å². The van der Waals surface area contributed by atoms with E-state index in [1.165, 1.54) is 6.07 Å². The Morgan fingerprint density at radius 1 is 1.56 bits per heavy atom. The molecule has 0 heterocycles. The van der Waals surface area contributed by atoms with E-state index < -0.39 is 28.0 Å². The molecule has 1 amide bonds. The van der Waals surface area contributed by atoms with Crippen molar-refractivity contribution in [1.82, 2.24) is 0 Å². The van der Waals surface area contributed by atoms with E-state index in [9.17, 15) is 19.3 Å². The second-order valence-corrected chi connectivity index (χ2v) is 3.67. The summed E-state index contributed by atoms with van der Waals surface area (Å²) >= 11 is 3.04. The fourth-order valence-electron chi connectivity index (χ4n) is 1.08. The van der Waals surface area contributed by atoms with Crippen molar-refractivity contribution in [3.63, 3.8) is 0 Å². The Balaban J connectivity index is 3.01. The maximum Gasteiger partial charge on any atom is 0.295 e. The van der Waals surface area contributed by atoms with Crippen molar-refractivity contribution in [3.8, 4) is 0 Å². The predicted octanol–water partition coefficient (Wildman–Crippen LogP) is 2.46. The first kappa shape index (κ1) is 12.6. The van der Waals surface area contributed by atoms with Crippen LogP contribution in [0.1, 0.15) is 6.42 Å². The van der Waals surface area contributed by atoms with Gasteiger partial charge in [0.25, 0.3) is 5.69 Å². The lowest BCUT2D eigenvalue weighted by atomic mass is 10.2. The van der Waals surface area contributed by atoms with Crippen molar-refractivity contribution in [2.75, 3.05) is 10.6 Å². The van der Waals surface area contributed by atoms with Crippen molar-refractivity contribution in [2.24, 2.45) is 0 Å². The molecular weight excluding hydrogens is 283 g/mol. The molecule has 0 fully saturated rings. The number of anilines is 1. The molecule has 1 rings (SSSR count). The molecule has 5 nitrogen and oxygen atoms in total. The number of carbonyl (C=O) groups is 1. The third kappa shape index (κ3) is 2.99. The molecule has 0 saturated carbocycles. The van der Waals surface area contributed by atoms with E-state index in [0.717, 1.165) is 12.1 Å². The molecule has 0 aliphatic rings. The first-order valence-electron chi connectivity index (χ1n) is 4.35. The summed E-state index contributed by atoms with van der Waals surface area (Å²) in [7, 11) is 0. The van der Waals surface area contributed by atoms with Crippen LogP contribution in [0.4, 0.5) is 15.8 Å². The zero-order valence-electron chi connectivity index (χ0n) is 8.07. The van der Waals surface area contributed by atoms with E-state index >= 15 is 0 Å². The van der Waals surface area contributed by atoms with Crippen LogP contribution in [-0.4, -0.2) is 16.2 Å². The molecule has 16 heavy (non-hydrogen) atoms. The first-order valence-corrected chi connectivity index (χ1v) is 5.47. The Bertz CT molecular complexity index is 425. The van der Waals surface area contributed by atoms with Crippen LogP contribution in [0.3, 0.4) is 0 Å². The number of halogens is 2. The van der Waals surface area contributed by atoms with E-state index in [1.54, 1.807) is 0 Å². The van der Waals surface area contributed by atoms with Gasteiger partial charge in [-0.05, 0) is 6.07 Å². The van der Waals surface area contributed by atoms with Crippen LogP contribution in [0.15, 0.2) is 18.2 Å². The van der Waals surface area contributed by atoms with Crippen LogP contribution >= 0.6 is 15.9 Å². The van der Waals surface area contributed by atoms with Crippen LogP contribution in [0, 0.1) is 15.9 Å². The number of nitrogens with one attached hydrogen (secondary N) is 1. The van der Waals surface area contributed by atoms with E-state index in [4.69, 9.17) is 0 Å². The average Bonchev–Trinajstić information content (AvgIpc) is 2.21. The van der Waals surface area contributed by atoms with Gasteiger partial charge in [-0.1, -0.05) is 22.0 Å². The average molecular weight is 291 g/mol. The van der Waals surface area contributed by atoms with Gasteiger partial charge in [0.2, 0.25) is 5.91 Å². The molecular formula is C9H8BrFN2O3. The van der Waals surface area contributed by atoms with Crippen LogP contribution < -0.4 is 5.32 Å². The van der Waals surface area contributed by atoms with Gasteiger partial charge in [-0.3, -0.25) is 14.9 Å². The van der Waals surface area contributed by atoms with Gasteiger partial charge in [-0.25, -0.2) is 4.39 Å². The molecule has 0 bridgehead atoms. The Morgan fingerprint density at radius 2 is 2.25 bits per heavy atom. The Kier molecular flexibility index (Phi) is 4.36. The van der Waals surface area contributed by atoms with Crippen molar-refractivity contribution in [2.45, 2.75) is 6.42 Å². The summed E-state index contributed by atoms with van der Waals surface area (Å²) in [5.41, 5.74) is -0.846. The Labute approximate surface area is 98.9 Å². The SMILES string of the molecule is O=C(CCBr)Nc1c(F)cccc1[N+](=O)[O-]. The van der Waals surface area contributed by atoms with Crippen LogP contribution in [0.2, 0.25) is 0 Å². The molecule has 0 aliphatic heterocycles. The van der Waals surface area contributed by atoms with Crippen LogP contribution in [-0.2, 0) is 4.79 Å². The molecule has 1 N–H and O–H groups in total. The van der Waals surface area contributed by atoms with Crippen molar-refractivity contribution in [1.29, 1.82) is 0 Å². The minimum atomic E-state index is -0.822. The third-order valence-corrected chi connectivity index (χ3v) is 2.17. The van der Waals surface area contributed by atoms with Gasteiger partial charge < -0.3 is 5.32 Å². The van der Waals surface area contributed by atoms with Gasteiger partial charge in [0.15, 0.2) is 11.5 Å². The van der Waals surface area contributed by atoms with Gasteiger partial charge >= 0.3 is 0 Å². The van der Waals surface area contributed by atoms with Crippen LogP contribution in [0.25, 0.3) is 0 Å². The highest BCUT2D eigenvalue weighted by Gasteiger charge is 2.19. The van der Waals surface area contributed by atoms with Gasteiger partial charge in [0.05, 0.1) is 4.92 Å². The fraction of sp³-hybridized carbons (Fsp3) is 0.222. The molecule has 0 aliphatic carbocycles. The zero-order chi connectivity index (χ0) is 12.1. The topological polar surface area (TPSA) is 72.2 Å². The lowest BCUT2D eigenvalue weighted by Crippen LogP contribution is -2.14. The number of amides is 1. The number of nitro benzene ring substituents is 1. The van der Waals surface area contributed by atoms with E-state index in [-0.39, 0.29) is 6.42 Å². The molecule has 0 unspecified atom stereocenters. The quantitative estimate of drug-likeness (QED) is 0.526. The lowest BCUT2D eigenvalue weighted by molar-refractivity contribution is -0.384. The first-order chi connectivity index (χ1) is 7.56. The molecule has 0 saturated heterocycles. The minimum Gasteiger partial charge on any atom is -0.318 e. The summed E-state index contributed by atoms with van der Waals surface area (Å²) in [6.45, 7) is 0. The number of carbonyl (C=O) groups excluding carboxylic acids is 1. The second kappa shape index (κ2) is 5.55. The van der Waals surface area contributed by atoms with Crippen LogP contribution in [0.5, 0.6) is 0 Å². The van der Waals surface area contributed by atoms with E-state index in [0.29, 0.717) is 5.33 Å². The summed E-state index contributed by atoms with van der Waals surface area (Å²) in [6.07, 6.45) is 0.117. The van der Waals surface area contributed by atoms with Gasteiger partial charge in [-0.2, -0.15) is 0 Å². The maximum absolute atomic E-state index is 13.3. The molecule has 1 aromatic rings. The largest absolute Gasteiger partial charge is 0.318 e. The molecule has 1 aromatic carbocycles. The van der Waals surface area contributed by atoms with Gasteiger partial charge in [0.1, 0.15) is 0 Å². The van der Waals surface area contributed by atoms with Crippen molar-refractivity contribution >= 4 is 33.2 Å². The summed E-state index contributed by atoms with van der Waals surface area (Å²) in [6, 6.07) is 3.40. The lowest BCUT2D eigenvalue weighted by Gasteiger charge is -2.05.